The number of hydrogen-bond donors (Lipinski definition) is 5. The lowest BCUT2D eigenvalue weighted by atomic mass is 10.1. The van der Waals surface area contributed by atoms with E-state index in [-0.39, 0.29) is 4.57 Å². The largest absolute Gasteiger partial charge is 0.394 e. The van der Waals surface area contributed by atoms with E-state index in [4.69, 9.17) is 10.8 Å². The highest BCUT2D eigenvalue weighted by Crippen LogP contribution is 2.36. The Morgan fingerprint density at radius 3 is 2.63 bits per heavy atom. The minimum Gasteiger partial charge on any atom is -0.394 e. The van der Waals surface area contributed by atoms with Crippen LogP contribution in [0.25, 0.3) is 0 Å². The normalized spacial score (nSPS) is 34.6. The topological polar surface area (TPSA) is 151 Å². The van der Waals surface area contributed by atoms with Gasteiger partial charge in [0.1, 0.15) is 18.0 Å². The Balaban J connectivity index is 2.59. The van der Waals surface area contributed by atoms with Gasteiger partial charge < -0.3 is 25.8 Å². The first-order valence-corrected chi connectivity index (χ1v) is 5.27. The van der Waals surface area contributed by atoms with Crippen LogP contribution in [-0.2, 0) is 10.7 Å². The summed E-state index contributed by atoms with van der Waals surface area (Å²) in [6.07, 6.45) is -5.35. The summed E-state index contributed by atoms with van der Waals surface area (Å²) in [6, 6.07) is 0.720. The maximum Gasteiger partial charge on any atom is 0.334 e. The average molecular weight is 277 g/mol. The molecule has 0 spiro atoms. The van der Waals surface area contributed by atoms with Crippen LogP contribution < -0.4 is 17.0 Å². The first-order chi connectivity index (χ1) is 8.81. The highest BCUT2D eigenvalue weighted by Gasteiger charge is 2.57. The Kier molecular flexibility index (Phi) is 3.18. The van der Waals surface area contributed by atoms with E-state index in [0.29, 0.717) is 0 Å². The smallest absolute Gasteiger partial charge is 0.334 e. The Morgan fingerprint density at radius 1 is 1.53 bits per heavy atom. The van der Waals surface area contributed by atoms with Crippen LogP contribution in [0.1, 0.15) is 0 Å². The molecule has 6 N–H and O–H groups in total. The Morgan fingerprint density at radius 2 is 2.16 bits per heavy atom. The van der Waals surface area contributed by atoms with Crippen molar-refractivity contribution in [3.05, 3.63) is 26.9 Å². The molecular formula is C9H12FN3O6. The van der Waals surface area contributed by atoms with Crippen molar-refractivity contribution in [2.75, 3.05) is 12.3 Å². The molecule has 1 aromatic heterocycles. The maximum absolute atomic E-state index is 14.6. The predicted octanol–water partition coefficient (Wildman–Crippen LogP) is -3.19. The molecule has 1 saturated heterocycles. The number of nitrogens with two attached hydrogens (primary N) is 1. The van der Waals surface area contributed by atoms with E-state index in [9.17, 15) is 24.2 Å². The number of nitrogens with zero attached hydrogens (tertiary/aromatic N) is 1. The van der Waals surface area contributed by atoms with Gasteiger partial charge in [0.2, 0.25) is 0 Å². The first kappa shape index (κ1) is 13.7. The summed E-state index contributed by atoms with van der Waals surface area (Å²) >= 11 is 0. The molecule has 0 amide bonds. The van der Waals surface area contributed by atoms with Gasteiger partial charge in [-0.1, -0.05) is 0 Å². The van der Waals surface area contributed by atoms with E-state index in [1.54, 1.807) is 4.98 Å². The molecule has 9 nitrogen and oxygen atoms in total. The lowest BCUT2D eigenvalue weighted by molar-refractivity contribution is -0.238. The third-order valence-corrected chi connectivity index (χ3v) is 2.84. The highest BCUT2D eigenvalue weighted by molar-refractivity contribution is 5.28. The van der Waals surface area contributed by atoms with Crippen LogP contribution in [0.4, 0.5) is 10.2 Å². The average Bonchev–Trinajstić information content (AvgIpc) is 2.53. The number of aliphatic hydroxyl groups is 3. The van der Waals surface area contributed by atoms with E-state index >= 15 is 0 Å². The second-order valence-corrected chi connectivity index (χ2v) is 4.08. The van der Waals surface area contributed by atoms with Gasteiger partial charge in [-0.05, 0) is 0 Å². The lowest BCUT2D eigenvalue weighted by Gasteiger charge is -2.26. The van der Waals surface area contributed by atoms with E-state index < -0.39 is 48.0 Å². The number of nitrogen functional groups attached to an aromatic ring is 1. The van der Waals surface area contributed by atoms with Gasteiger partial charge in [0.15, 0.2) is 6.10 Å². The van der Waals surface area contributed by atoms with Crippen LogP contribution in [0, 0.1) is 0 Å². The molecule has 1 aromatic rings. The van der Waals surface area contributed by atoms with E-state index in [1.165, 1.54) is 0 Å². The molecule has 1 fully saturated rings. The summed E-state index contributed by atoms with van der Waals surface area (Å²) in [4.78, 5) is 24.3. The number of rotatable bonds is 2. The molecule has 0 bridgehead atoms. The molecule has 19 heavy (non-hydrogen) atoms. The van der Waals surface area contributed by atoms with Crippen LogP contribution >= 0.6 is 0 Å². The van der Waals surface area contributed by atoms with Gasteiger partial charge in [-0.25, -0.2) is 9.36 Å². The van der Waals surface area contributed by atoms with Gasteiger partial charge in [-0.2, -0.15) is 4.39 Å². The van der Waals surface area contributed by atoms with Crippen molar-refractivity contribution >= 4 is 5.82 Å². The van der Waals surface area contributed by atoms with Gasteiger partial charge in [0.25, 0.3) is 5.56 Å². The number of H-pyrrole nitrogens is 1. The van der Waals surface area contributed by atoms with E-state index in [0.717, 1.165) is 6.07 Å². The molecular weight excluding hydrogens is 265 g/mol. The summed E-state index contributed by atoms with van der Waals surface area (Å²) < 4.78 is 19.4. The van der Waals surface area contributed by atoms with Crippen molar-refractivity contribution in [2.24, 2.45) is 0 Å². The molecule has 2 rings (SSSR count). The zero-order chi connectivity index (χ0) is 14.4. The van der Waals surface area contributed by atoms with Crippen molar-refractivity contribution in [1.29, 1.82) is 0 Å². The second-order valence-electron chi connectivity index (χ2n) is 4.08. The molecule has 0 unspecified atom stereocenters. The van der Waals surface area contributed by atoms with Crippen molar-refractivity contribution in [2.45, 2.75) is 24.3 Å². The summed E-state index contributed by atoms with van der Waals surface area (Å²) in [5.74, 6) is -3.78. The lowest BCUT2D eigenvalue weighted by Crippen LogP contribution is -2.49. The minimum absolute atomic E-state index is 0.165. The Hall–Kier alpha value is -1.75. The zero-order valence-corrected chi connectivity index (χ0v) is 9.49. The molecule has 106 valence electrons. The second kappa shape index (κ2) is 4.42. The van der Waals surface area contributed by atoms with Gasteiger partial charge >= 0.3 is 11.7 Å². The van der Waals surface area contributed by atoms with Crippen LogP contribution in [-0.4, -0.2) is 49.8 Å². The predicted molar refractivity (Wildman–Crippen MR) is 58.8 cm³/mol. The fourth-order valence-electron chi connectivity index (χ4n) is 1.92. The highest BCUT2D eigenvalue weighted by atomic mass is 19.2. The Labute approximate surface area is 104 Å². The number of aromatic amines is 1. The fourth-order valence-corrected chi connectivity index (χ4v) is 1.92. The molecule has 4 atom stereocenters. The van der Waals surface area contributed by atoms with Crippen molar-refractivity contribution in [3.63, 3.8) is 0 Å². The molecule has 1 aliphatic rings. The summed E-state index contributed by atoms with van der Waals surface area (Å²) in [7, 11) is 0. The number of aromatic nitrogens is 2. The standard InChI is InChI=1S/C9H12FN3O6/c10-9(7(17)6(16)3(2-14)19-9)13-4(11)1-5(15)12-8(13)18/h1,3,6-7,14,16-17H,2,11H2,(H,12,15,18)/t3-,6-,7-,9+/m1/s1. The molecule has 2 heterocycles. The first-order valence-electron chi connectivity index (χ1n) is 5.27. The summed E-state index contributed by atoms with van der Waals surface area (Å²) in [6.45, 7) is -0.776. The van der Waals surface area contributed by atoms with Crippen LogP contribution in [0.2, 0.25) is 0 Å². The number of halogens is 1. The van der Waals surface area contributed by atoms with E-state index in [1.807, 2.05) is 0 Å². The minimum atomic E-state index is -3.18. The van der Waals surface area contributed by atoms with Gasteiger partial charge in [0, 0.05) is 6.07 Å². The summed E-state index contributed by atoms with van der Waals surface area (Å²) in [5.41, 5.74) is 3.24. The number of ether oxygens (including phenoxy) is 1. The number of anilines is 1. The van der Waals surface area contributed by atoms with Crippen molar-refractivity contribution in [3.8, 4) is 0 Å². The number of alkyl halides is 1. The third-order valence-electron chi connectivity index (χ3n) is 2.84. The SMILES string of the molecule is Nc1cc(=O)[nH]c(=O)n1[C@]1(F)O[C@H](CO)[C@@H](O)[C@H]1O. The van der Waals surface area contributed by atoms with Gasteiger partial charge in [0.05, 0.1) is 6.61 Å². The summed E-state index contributed by atoms with van der Waals surface area (Å²) in [5, 5.41) is 28.0. The molecule has 0 aromatic carbocycles. The van der Waals surface area contributed by atoms with Crippen LogP contribution in [0.15, 0.2) is 15.7 Å². The van der Waals surface area contributed by atoms with E-state index in [2.05, 4.69) is 4.74 Å². The van der Waals surface area contributed by atoms with Crippen LogP contribution in [0.5, 0.6) is 0 Å². The maximum atomic E-state index is 14.6. The third kappa shape index (κ3) is 1.94. The molecule has 0 saturated carbocycles. The van der Waals surface area contributed by atoms with Gasteiger partial charge in [-0.15, -0.1) is 0 Å². The molecule has 0 radical (unpaired) electrons. The van der Waals surface area contributed by atoms with Crippen molar-refractivity contribution < 1.29 is 24.4 Å². The molecule has 1 aliphatic heterocycles. The zero-order valence-electron chi connectivity index (χ0n) is 9.49. The number of nitrogens with one attached hydrogen (secondary N) is 1. The quantitative estimate of drug-likeness (QED) is 0.382. The van der Waals surface area contributed by atoms with Crippen molar-refractivity contribution in [1.82, 2.24) is 9.55 Å². The van der Waals surface area contributed by atoms with Gasteiger partial charge in [-0.3, -0.25) is 9.78 Å². The molecule has 0 aliphatic carbocycles. The number of hydrogen-bond acceptors (Lipinski definition) is 7. The number of aliphatic hydroxyl groups excluding tert-OH is 3. The Bertz CT molecular complexity index is 600. The fraction of sp³-hybridized carbons (Fsp3) is 0.556. The monoisotopic (exact) mass is 277 g/mol. The molecule has 10 heteroatoms. The van der Waals surface area contributed by atoms with Crippen LogP contribution in [0.3, 0.4) is 0 Å².